The maximum absolute atomic E-state index is 12.3. The summed E-state index contributed by atoms with van der Waals surface area (Å²) in [5, 5.41) is 2.75. The van der Waals surface area contributed by atoms with Crippen LogP contribution >= 0.6 is 0 Å². The molecule has 2 aromatic carbocycles. The monoisotopic (exact) mass is 380 g/mol. The van der Waals surface area contributed by atoms with Crippen molar-refractivity contribution in [3.63, 3.8) is 0 Å². The Morgan fingerprint density at radius 2 is 1.75 bits per heavy atom. The van der Waals surface area contributed by atoms with Gasteiger partial charge in [-0.05, 0) is 50.1 Å². The first-order chi connectivity index (χ1) is 13.3. The molecule has 28 heavy (non-hydrogen) atoms. The number of carbonyl (C=O) groups is 3. The zero-order valence-corrected chi connectivity index (χ0v) is 16.3. The Kier molecular flexibility index (Phi) is 5.78. The van der Waals surface area contributed by atoms with Crippen LogP contribution < -0.4 is 10.2 Å². The van der Waals surface area contributed by atoms with E-state index in [1.807, 2.05) is 63.2 Å². The molecular formula is C22H24N2O4. The van der Waals surface area contributed by atoms with Crippen LogP contribution in [0, 0.1) is 26.7 Å². The van der Waals surface area contributed by atoms with E-state index in [-0.39, 0.29) is 25.5 Å². The van der Waals surface area contributed by atoms with Gasteiger partial charge in [0.2, 0.25) is 5.91 Å². The Hall–Kier alpha value is -3.15. The number of anilines is 2. The van der Waals surface area contributed by atoms with Crippen molar-refractivity contribution in [1.82, 2.24) is 0 Å². The van der Waals surface area contributed by atoms with Crippen molar-refractivity contribution < 1.29 is 19.1 Å². The fourth-order valence-electron chi connectivity index (χ4n) is 3.15. The summed E-state index contributed by atoms with van der Waals surface area (Å²) in [7, 11) is 0. The number of benzene rings is 2. The van der Waals surface area contributed by atoms with Crippen molar-refractivity contribution in [1.29, 1.82) is 0 Å². The number of rotatable bonds is 5. The molecule has 146 valence electrons. The summed E-state index contributed by atoms with van der Waals surface area (Å²) in [4.78, 5) is 38.3. The molecule has 1 fully saturated rings. The van der Waals surface area contributed by atoms with Crippen LogP contribution in [0.2, 0.25) is 0 Å². The van der Waals surface area contributed by atoms with Gasteiger partial charge in [0, 0.05) is 24.3 Å². The lowest BCUT2D eigenvalue weighted by Gasteiger charge is -2.16. The molecule has 6 heteroatoms. The second kappa shape index (κ2) is 8.25. The second-order valence-corrected chi connectivity index (χ2v) is 7.22. The fourth-order valence-corrected chi connectivity index (χ4v) is 3.15. The Morgan fingerprint density at radius 1 is 1.07 bits per heavy atom. The molecule has 6 nitrogen and oxygen atoms in total. The highest BCUT2D eigenvalue weighted by atomic mass is 16.5. The van der Waals surface area contributed by atoms with Crippen molar-refractivity contribution in [3.8, 4) is 0 Å². The van der Waals surface area contributed by atoms with Gasteiger partial charge in [-0.3, -0.25) is 14.4 Å². The van der Waals surface area contributed by atoms with Gasteiger partial charge in [0.25, 0.3) is 5.91 Å². The summed E-state index contributed by atoms with van der Waals surface area (Å²) in [6.07, 6.45) is 0.0886. The summed E-state index contributed by atoms with van der Waals surface area (Å²) < 4.78 is 5.15. The van der Waals surface area contributed by atoms with Crippen molar-refractivity contribution in [2.45, 2.75) is 27.2 Å². The van der Waals surface area contributed by atoms with E-state index < -0.39 is 17.8 Å². The molecule has 1 heterocycles. The largest absolute Gasteiger partial charge is 0.455 e. The predicted octanol–water partition coefficient (Wildman–Crippen LogP) is 3.15. The van der Waals surface area contributed by atoms with Crippen LogP contribution in [0.15, 0.2) is 42.5 Å². The van der Waals surface area contributed by atoms with Gasteiger partial charge in [-0.15, -0.1) is 0 Å². The van der Waals surface area contributed by atoms with Gasteiger partial charge in [-0.1, -0.05) is 29.8 Å². The average Bonchev–Trinajstić information content (AvgIpc) is 3.05. The Bertz CT molecular complexity index is 905. The van der Waals surface area contributed by atoms with Crippen LogP contribution in [-0.4, -0.2) is 30.9 Å². The molecule has 0 aromatic heterocycles. The first-order valence-electron chi connectivity index (χ1n) is 9.24. The van der Waals surface area contributed by atoms with E-state index in [2.05, 4.69) is 5.32 Å². The maximum atomic E-state index is 12.3. The summed E-state index contributed by atoms with van der Waals surface area (Å²) in [5.74, 6) is -1.62. The van der Waals surface area contributed by atoms with Crippen LogP contribution in [0.5, 0.6) is 0 Å². The maximum Gasteiger partial charge on any atom is 0.311 e. The molecule has 1 saturated heterocycles. The molecule has 0 aliphatic carbocycles. The lowest BCUT2D eigenvalue weighted by Crippen LogP contribution is -2.28. The standard InChI is InChI=1S/C22H24N2O4/c1-14-5-8-18(9-6-14)24-12-17(11-21(24)26)22(27)28-13-20(25)23-19-10-15(2)4-7-16(19)3/h4-10,17H,11-13H2,1-3H3,(H,23,25)/t17-/m0/s1. The SMILES string of the molecule is Cc1ccc(N2C[C@@H](C(=O)OCC(=O)Nc3cc(C)ccc3C)CC2=O)cc1. The van der Waals surface area contributed by atoms with Gasteiger partial charge in [-0.25, -0.2) is 0 Å². The number of ether oxygens (including phenoxy) is 1. The van der Waals surface area contributed by atoms with Crippen molar-refractivity contribution in [2.24, 2.45) is 5.92 Å². The minimum atomic E-state index is -0.567. The van der Waals surface area contributed by atoms with E-state index in [1.54, 1.807) is 4.90 Å². The van der Waals surface area contributed by atoms with Crippen LogP contribution in [0.4, 0.5) is 11.4 Å². The zero-order valence-electron chi connectivity index (χ0n) is 16.3. The van der Waals surface area contributed by atoms with E-state index >= 15 is 0 Å². The first kappa shape index (κ1) is 19.6. The summed E-state index contributed by atoms with van der Waals surface area (Å²) in [6, 6.07) is 13.3. The van der Waals surface area contributed by atoms with Gasteiger partial charge in [0.05, 0.1) is 5.92 Å². The summed E-state index contributed by atoms with van der Waals surface area (Å²) >= 11 is 0. The van der Waals surface area contributed by atoms with Crippen molar-refractivity contribution in [3.05, 3.63) is 59.2 Å². The van der Waals surface area contributed by atoms with Gasteiger partial charge >= 0.3 is 5.97 Å². The minimum absolute atomic E-state index is 0.0886. The number of aryl methyl sites for hydroxylation is 3. The van der Waals surface area contributed by atoms with E-state index in [1.165, 1.54) is 0 Å². The lowest BCUT2D eigenvalue weighted by molar-refractivity contribution is -0.151. The topological polar surface area (TPSA) is 75.7 Å². The molecule has 0 spiro atoms. The van der Waals surface area contributed by atoms with E-state index in [4.69, 9.17) is 4.74 Å². The number of esters is 1. The second-order valence-electron chi connectivity index (χ2n) is 7.22. The molecule has 3 rings (SSSR count). The van der Waals surface area contributed by atoms with E-state index in [0.717, 1.165) is 22.4 Å². The number of amides is 2. The number of carbonyl (C=O) groups excluding carboxylic acids is 3. The zero-order chi connectivity index (χ0) is 20.3. The van der Waals surface area contributed by atoms with Crippen LogP contribution in [0.3, 0.4) is 0 Å². The van der Waals surface area contributed by atoms with Gasteiger partial charge < -0.3 is 15.0 Å². The Morgan fingerprint density at radius 3 is 2.46 bits per heavy atom. The van der Waals surface area contributed by atoms with Gasteiger partial charge in [-0.2, -0.15) is 0 Å². The number of nitrogens with zero attached hydrogens (tertiary/aromatic N) is 1. The van der Waals surface area contributed by atoms with Crippen molar-refractivity contribution in [2.75, 3.05) is 23.4 Å². The third-order valence-electron chi connectivity index (χ3n) is 4.82. The van der Waals surface area contributed by atoms with E-state index in [0.29, 0.717) is 5.69 Å². The molecule has 1 atom stereocenters. The van der Waals surface area contributed by atoms with Crippen LogP contribution in [0.25, 0.3) is 0 Å². The fraction of sp³-hybridized carbons (Fsp3) is 0.318. The predicted molar refractivity (Wildman–Crippen MR) is 107 cm³/mol. The molecule has 0 unspecified atom stereocenters. The molecule has 1 aliphatic rings. The number of hydrogen-bond acceptors (Lipinski definition) is 4. The highest BCUT2D eigenvalue weighted by molar-refractivity contribution is 6.00. The molecule has 1 N–H and O–H groups in total. The highest BCUT2D eigenvalue weighted by Crippen LogP contribution is 2.26. The smallest absolute Gasteiger partial charge is 0.311 e. The Balaban J connectivity index is 1.53. The summed E-state index contributed by atoms with van der Waals surface area (Å²) in [6.45, 7) is 5.69. The molecule has 2 aromatic rings. The molecule has 1 aliphatic heterocycles. The van der Waals surface area contributed by atoms with Crippen LogP contribution in [0.1, 0.15) is 23.1 Å². The highest BCUT2D eigenvalue weighted by Gasteiger charge is 2.36. The van der Waals surface area contributed by atoms with E-state index in [9.17, 15) is 14.4 Å². The summed E-state index contributed by atoms with van der Waals surface area (Å²) in [5.41, 5.74) is 4.52. The molecular weight excluding hydrogens is 356 g/mol. The van der Waals surface area contributed by atoms with Gasteiger partial charge in [0.15, 0.2) is 6.61 Å². The quantitative estimate of drug-likeness (QED) is 0.809. The lowest BCUT2D eigenvalue weighted by atomic mass is 10.1. The average molecular weight is 380 g/mol. The first-order valence-corrected chi connectivity index (χ1v) is 9.24. The Labute approximate surface area is 164 Å². The molecule has 2 amide bonds. The minimum Gasteiger partial charge on any atom is -0.455 e. The number of nitrogens with one attached hydrogen (secondary N) is 1. The van der Waals surface area contributed by atoms with Crippen LogP contribution in [-0.2, 0) is 19.1 Å². The molecule has 0 radical (unpaired) electrons. The normalized spacial score (nSPS) is 16.2. The third-order valence-corrected chi connectivity index (χ3v) is 4.82. The third kappa shape index (κ3) is 4.57. The molecule has 0 saturated carbocycles. The van der Waals surface area contributed by atoms with Crippen molar-refractivity contribution >= 4 is 29.2 Å². The number of hydrogen-bond donors (Lipinski definition) is 1. The van der Waals surface area contributed by atoms with Gasteiger partial charge in [0.1, 0.15) is 0 Å². The molecule has 0 bridgehead atoms.